The van der Waals surface area contributed by atoms with Gasteiger partial charge in [-0.3, -0.25) is 4.90 Å². The largest absolute Gasteiger partial charge is 0.369 e. The van der Waals surface area contributed by atoms with Gasteiger partial charge < -0.3 is 4.90 Å². The van der Waals surface area contributed by atoms with Crippen molar-refractivity contribution in [1.29, 1.82) is 0 Å². The average Bonchev–Trinajstić information content (AvgIpc) is 2.72. The molecule has 1 aliphatic rings. The van der Waals surface area contributed by atoms with Crippen LogP contribution < -0.4 is 5.30 Å². The van der Waals surface area contributed by atoms with Gasteiger partial charge in [0.1, 0.15) is 0 Å². The first kappa shape index (κ1) is 20.8. The Hall–Kier alpha value is -1.89. The predicted octanol–water partition coefficient (Wildman–Crippen LogP) is 4.97. The molecule has 0 aromatic heterocycles. The van der Waals surface area contributed by atoms with Crippen molar-refractivity contribution in [2.24, 2.45) is 0 Å². The van der Waals surface area contributed by atoms with Crippen LogP contribution in [0.5, 0.6) is 0 Å². The molecule has 0 aliphatic carbocycles. The van der Waals surface area contributed by atoms with E-state index in [9.17, 15) is 0 Å². The zero-order chi connectivity index (χ0) is 19.9. The van der Waals surface area contributed by atoms with Gasteiger partial charge in [0.15, 0.2) is 0 Å². The molecule has 0 bridgehead atoms. The van der Waals surface area contributed by atoms with Crippen LogP contribution in [-0.4, -0.2) is 42.6 Å². The topological polar surface area (TPSA) is 6.48 Å². The molecule has 2 aromatic rings. The summed E-state index contributed by atoms with van der Waals surface area (Å²) in [4.78, 5) is 5.08. The van der Waals surface area contributed by atoms with Crippen LogP contribution in [0.25, 0.3) is 6.08 Å². The second kappa shape index (κ2) is 10.0. The maximum atomic E-state index is 2.56. The zero-order valence-electron chi connectivity index (χ0n) is 17.7. The maximum absolute atomic E-state index is 2.56. The van der Waals surface area contributed by atoms with Crippen molar-refractivity contribution < 1.29 is 0 Å². The minimum Gasteiger partial charge on any atom is -0.369 e. The van der Waals surface area contributed by atoms with E-state index in [4.69, 9.17) is 0 Å². The lowest BCUT2D eigenvalue weighted by Crippen LogP contribution is -2.45. The lowest BCUT2D eigenvalue weighted by atomic mass is 10.1. The third-order valence-corrected chi connectivity index (χ3v) is 6.44. The highest BCUT2D eigenvalue weighted by atomic mass is 31.1. The number of benzene rings is 2. The molecule has 0 N–H and O–H groups in total. The standard InChI is InChI=1S/C25H33N2P/c1-5-24(13-12-23-11-8-21(3)18-25(23)28-4)27-16-14-26(15-17-27)19-22-9-6-20(2)7-10-22/h5-13,18,28H,14-17,19H2,1-4H3/b13-12+,24-5-. The van der Waals surface area contributed by atoms with E-state index in [2.05, 4.69) is 97.9 Å². The highest BCUT2D eigenvalue weighted by molar-refractivity contribution is 7.46. The van der Waals surface area contributed by atoms with Crippen LogP contribution in [0.3, 0.4) is 0 Å². The third-order valence-electron chi connectivity index (χ3n) is 5.47. The second-order valence-corrected chi connectivity index (χ2v) is 8.68. The lowest BCUT2D eigenvalue weighted by molar-refractivity contribution is 0.155. The zero-order valence-corrected chi connectivity index (χ0v) is 18.7. The smallest absolute Gasteiger partial charge is 0.0323 e. The Kier molecular flexibility index (Phi) is 7.48. The number of nitrogens with zero attached hydrogens (tertiary/aromatic N) is 2. The van der Waals surface area contributed by atoms with Crippen LogP contribution in [0.2, 0.25) is 0 Å². The number of rotatable bonds is 6. The van der Waals surface area contributed by atoms with Gasteiger partial charge in [-0.2, -0.15) is 0 Å². The molecule has 3 rings (SSSR count). The molecule has 148 valence electrons. The summed E-state index contributed by atoms with van der Waals surface area (Å²) in [6.07, 6.45) is 6.83. The van der Waals surface area contributed by atoms with E-state index >= 15 is 0 Å². The molecule has 1 saturated heterocycles. The maximum Gasteiger partial charge on any atom is 0.0323 e. The van der Waals surface area contributed by atoms with Crippen molar-refractivity contribution >= 4 is 20.0 Å². The van der Waals surface area contributed by atoms with E-state index in [0.717, 1.165) is 41.3 Å². The third kappa shape index (κ3) is 5.56. The Labute approximate surface area is 172 Å². The van der Waals surface area contributed by atoms with E-state index in [1.807, 2.05) is 0 Å². The Morgan fingerprint density at radius 3 is 2.29 bits per heavy atom. The van der Waals surface area contributed by atoms with Crippen molar-refractivity contribution in [3.05, 3.63) is 82.6 Å². The molecule has 1 atom stereocenters. The molecular weight excluding hydrogens is 359 g/mol. The average molecular weight is 393 g/mol. The van der Waals surface area contributed by atoms with Crippen molar-refractivity contribution in [3.8, 4) is 0 Å². The number of aryl methyl sites for hydroxylation is 2. The molecule has 0 radical (unpaired) electrons. The first-order valence-corrected chi connectivity index (χ1v) is 11.7. The summed E-state index contributed by atoms with van der Waals surface area (Å²) in [5.74, 6) is 0. The number of piperazine rings is 1. The normalized spacial score (nSPS) is 16.6. The summed E-state index contributed by atoms with van der Waals surface area (Å²) < 4.78 is 0. The summed E-state index contributed by atoms with van der Waals surface area (Å²) in [7, 11) is 0.826. The van der Waals surface area contributed by atoms with Gasteiger partial charge in [-0.25, -0.2) is 0 Å². The number of hydrogen-bond donors (Lipinski definition) is 0. The minimum atomic E-state index is 0.826. The first-order valence-electron chi connectivity index (χ1n) is 10.2. The van der Waals surface area contributed by atoms with Crippen molar-refractivity contribution in [1.82, 2.24) is 9.80 Å². The molecule has 1 fully saturated rings. The fourth-order valence-electron chi connectivity index (χ4n) is 3.71. The first-order chi connectivity index (χ1) is 13.6. The quantitative estimate of drug-likeness (QED) is 0.506. The molecule has 0 spiro atoms. The van der Waals surface area contributed by atoms with Crippen molar-refractivity contribution in [2.45, 2.75) is 27.3 Å². The van der Waals surface area contributed by atoms with Crippen LogP contribution in [-0.2, 0) is 6.54 Å². The lowest BCUT2D eigenvalue weighted by Gasteiger charge is -2.36. The molecule has 0 saturated carbocycles. The van der Waals surface area contributed by atoms with Crippen LogP contribution in [0, 0.1) is 13.8 Å². The second-order valence-electron chi connectivity index (χ2n) is 7.64. The van der Waals surface area contributed by atoms with Crippen molar-refractivity contribution in [3.63, 3.8) is 0 Å². The number of hydrogen-bond acceptors (Lipinski definition) is 2. The van der Waals surface area contributed by atoms with Gasteiger partial charge in [0.05, 0.1) is 0 Å². The summed E-state index contributed by atoms with van der Waals surface area (Å²) in [6, 6.07) is 15.7. The van der Waals surface area contributed by atoms with E-state index in [0.29, 0.717) is 0 Å². The fraction of sp³-hybridized carbons (Fsp3) is 0.360. The molecule has 2 aromatic carbocycles. The van der Waals surface area contributed by atoms with Gasteiger partial charge in [-0.05, 0) is 49.9 Å². The molecule has 0 amide bonds. The van der Waals surface area contributed by atoms with Crippen LogP contribution in [0.4, 0.5) is 0 Å². The van der Waals surface area contributed by atoms with Gasteiger partial charge in [0.25, 0.3) is 0 Å². The van der Waals surface area contributed by atoms with Gasteiger partial charge in [-0.1, -0.05) is 74.3 Å². The summed E-state index contributed by atoms with van der Waals surface area (Å²) >= 11 is 0. The molecule has 1 unspecified atom stereocenters. The summed E-state index contributed by atoms with van der Waals surface area (Å²) in [6.45, 7) is 14.2. The summed E-state index contributed by atoms with van der Waals surface area (Å²) in [5, 5.41) is 1.45. The Morgan fingerprint density at radius 2 is 1.64 bits per heavy atom. The fourth-order valence-corrected chi connectivity index (χ4v) is 4.53. The molecule has 1 heterocycles. The SMILES string of the molecule is C/C=C(/C=C/c1ccc(C)cc1PC)N1CCN(Cc2ccc(C)cc2)CC1. The van der Waals surface area contributed by atoms with Crippen LogP contribution in [0.15, 0.2) is 60.3 Å². The molecule has 1 aliphatic heterocycles. The van der Waals surface area contributed by atoms with Crippen molar-refractivity contribution in [2.75, 3.05) is 32.8 Å². The van der Waals surface area contributed by atoms with Crippen LogP contribution in [0.1, 0.15) is 29.2 Å². The van der Waals surface area contributed by atoms with Gasteiger partial charge in [0.2, 0.25) is 0 Å². The highest BCUT2D eigenvalue weighted by Crippen LogP contribution is 2.17. The molecular formula is C25H33N2P. The molecule has 3 heteroatoms. The predicted molar refractivity (Wildman–Crippen MR) is 126 cm³/mol. The monoisotopic (exact) mass is 392 g/mol. The Morgan fingerprint density at radius 1 is 0.964 bits per heavy atom. The van der Waals surface area contributed by atoms with E-state index < -0.39 is 0 Å². The summed E-state index contributed by atoms with van der Waals surface area (Å²) in [5.41, 5.74) is 6.78. The Balaban J connectivity index is 1.58. The van der Waals surface area contributed by atoms with Crippen LogP contribution >= 0.6 is 8.58 Å². The van der Waals surface area contributed by atoms with E-state index in [1.54, 1.807) is 0 Å². The van der Waals surface area contributed by atoms with E-state index in [1.165, 1.54) is 33.3 Å². The van der Waals surface area contributed by atoms with Gasteiger partial charge in [-0.15, -0.1) is 0 Å². The Bertz CT molecular complexity index is 828. The van der Waals surface area contributed by atoms with Gasteiger partial charge in [0, 0.05) is 38.4 Å². The number of allylic oxidation sites excluding steroid dienone is 2. The minimum absolute atomic E-state index is 0.826. The molecule has 28 heavy (non-hydrogen) atoms. The van der Waals surface area contributed by atoms with Gasteiger partial charge >= 0.3 is 0 Å². The highest BCUT2D eigenvalue weighted by Gasteiger charge is 2.17. The van der Waals surface area contributed by atoms with E-state index in [-0.39, 0.29) is 0 Å². The molecule has 2 nitrogen and oxygen atoms in total.